The van der Waals surface area contributed by atoms with Gasteiger partial charge in [-0.1, -0.05) is 0 Å². The van der Waals surface area contributed by atoms with Crippen LogP contribution in [0.3, 0.4) is 0 Å². The molecule has 0 spiro atoms. The minimum atomic E-state index is -1.19. The largest absolute Gasteiger partial charge is 0.480 e. The third kappa shape index (κ3) is 4.26. The Morgan fingerprint density at radius 1 is 1.63 bits per heavy atom. The summed E-state index contributed by atoms with van der Waals surface area (Å²) in [5.41, 5.74) is 5.48. The van der Waals surface area contributed by atoms with Crippen LogP contribution in [0.2, 0.25) is 0 Å². The Bertz CT molecular complexity index is 416. The Morgan fingerprint density at radius 3 is 2.79 bits per heavy atom. The van der Waals surface area contributed by atoms with Gasteiger partial charge in [-0.15, -0.1) is 12.3 Å². The molecule has 104 valence electrons. The summed E-state index contributed by atoms with van der Waals surface area (Å²) in [5, 5.41) is 14.0. The minimum Gasteiger partial charge on any atom is -0.480 e. The molecular formula is C12H17N3O4. The molecule has 0 aromatic heterocycles. The van der Waals surface area contributed by atoms with Gasteiger partial charge in [0.15, 0.2) is 0 Å². The van der Waals surface area contributed by atoms with Crippen molar-refractivity contribution in [1.82, 2.24) is 10.6 Å². The molecule has 1 aliphatic heterocycles. The quantitative estimate of drug-likeness (QED) is 0.433. The lowest BCUT2D eigenvalue weighted by molar-refractivity contribution is -0.142. The van der Waals surface area contributed by atoms with Crippen LogP contribution in [0.5, 0.6) is 0 Å². The minimum absolute atomic E-state index is 0.0298. The first-order valence-electron chi connectivity index (χ1n) is 5.95. The maximum absolute atomic E-state index is 11.6. The molecule has 19 heavy (non-hydrogen) atoms. The molecule has 0 aromatic carbocycles. The number of aliphatic carboxylic acids is 1. The van der Waals surface area contributed by atoms with Crippen molar-refractivity contribution in [2.75, 3.05) is 6.54 Å². The van der Waals surface area contributed by atoms with Gasteiger partial charge in [0.2, 0.25) is 11.8 Å². The second-order valence-corrected chi connectivity index (χ2v) is 4.43. The molecule has 2 amide bonds. The third-order valence-electron chi connectivity index (χ3n) is 2.97. The normalized spacial score (nSPS) is 21.1. The summed E-state index contributed by atoms with van der Waals surface area (Å²) in [7, 11) is 0. The second kappa shape index (κ2) is 6.75. The maximum atomic E-state index is 11.6. The first-order valence-corrected chi connectivity index (χ1v) is 5.95. The Morgan fingerprint density at radius 2 is 2.32 bits per heavy atom. The van der Waals surface area contributed by atoms with E-state index in [9.17, 15) is 14.4 Å². The van der Waals surface area contributed by atoms with Crippen LogP contribution in [-0.2, 0) is 14.4 Å². The Hall–Kier alpha value is -2.07. The van der Waals surface area contributed by atoms with Crippen LogP contribution in [0.15, 0.2) is 0 Å². The van der Waals surface area contributed by atoms with Crippen molar-refractivity contribution in [3.8, 4) is 12.3 Å². The van der Waals surface area contributed by atoms with Gasteiger partial charge in [-0.05, 0) is 12.8 Å². The van der Waals surface area contributed by atoms with Gasteiger partial charge in [-0.2, -0.15) is 0 Å². The topological polar surface area (TPSA) is 122 Å². The van der Waals surface area contributed by atoms with Crippen molar-refractivity contribution in [2.45, 2.75) is 31.3 Å². The fourth-order valence-corrected chi connectivity index (χ4v) is 1.87. The van der Waals surface area contributed by atoms with E-state index in [2.05, 4.69) is 16.6 Å². The van der Waals surface area contributed by atoms with Crippen LogP contribution in [-0.4, -0.2) is 41.5 Å². The van der Waals surface area contributed by atoms with Crippen LogP contribution in [0.4, 0.5) is 0 Å². The summed E-state index contributed by atoms with van der Waals surface area (Å²) in [6.45, 7) is 0.528. The number of rotatable bonds is 6. The van der Waals surface area contributed by atoms with E-state index in [0.29, 0.717) is 13.0 Å². The number of amides is 2. The molecule has 0 saturated carbocycles. The van der Waals surface area contributed by atoms with Gasteiger partial charge in [0, 0.05) is 18.9 Å². The molecule has 0 aromatic rings. The van der Waals surface area contributed by atoms with Crippen molar-refractivity contribution < 1.29 is 19.5 Å². The lowest BCUT2D eigenvalue weighted by atomic mass is 9.98. The van der Waals surface area contributed by atoms with Gasteiger partial charge < -0.3 is 21.5 Å². The third-order valence-corrected chi connectivity index (χ3v) is 2.97. The van der Waals surface area contributed by atoms with E-state index in [1.165, 1.54) is 0 Å². The first-order chi connectivity index (χ1) is 8.95. The van der Waals surface area contributed by atoms with Gasteiger partial charge in [0.25, 0.3) is 0 Å². The highest BCUT2D eigenvalue weighted by Crippen LogP contribution is 2.16. The van der Waals surface area contributed by atoms with E-state index in [1.807, 2.05) is 0 Å². The second-order valence-electron chi connectivity index (χ2n) is 4.43. The lowest BCUT2D eigenvalue weighted by Gasteiger charge is -2.18. The molecule has 1 heterocycles. The van der Waals surface area contributed by atoms with Crippen molar-refractivity contribution >= 4 is 17.8 Å². The molecule has 7 heteroatoms. The summed E-state index contributed by atoms with van der Waals surface area (Å²) in [6.07, 6.45) is 5.67. The average Bonchev–Trinajstić information content (AvgIpc) is 2.74. The molecular weight excluding hydrogens is 250 g/mol. The molecule has 7 nitrogen and oxygen atoms in total. The van der Waals surface area contributed by atoms with Crippen LogP contribution in [0.25, 0.3) is 0 Å². The van der Waals surface area contributed by atoms with Gasteiger partial charge in [-0.3, -0.25) is 9.59 Å². The molecule has 1 fully saturated rings. The smallest absolute Gasteiger partial charge is 0.326 e. The molecule has 5 N–H and O–H groups in total. The number of hydrogen-bond acceptors (Lipinski definition) is 4. The molecule has 0 bridgehead atoms. The van der Waals surface area contributed by atoms with E-state index < -0.39 is 29.9 Å². The number of carboxylic acid groups (broad SMARTS) is 1. The van der Waals surface area contributed by atoms with Gasteiger partial charge >= 0.3 is 5.97 Å². The van der Waals surface area contributed by atoms with E-state index in [0.717, 1.165) is 0 Å². The highest BCUT2D eigenvalue weighted by atomic mass is 16.4. The highest BCUT2D eigenvalue weighted by Gasteiger charge is 2.31. The number of carbonyl (C=O) groups excluding carboxylic acids is 2. The van der Waals surface area contributed by atoms with Crippen LogP contribution in [0.1, 0.15) is 19.3 Å². The fraction of sp³-hybridized carbons (Fsp3) is 0.583. The van der Waals surface area contributed by atoms with Crippen LogP contribution >= 0.6 is 0 Å². The average molecular weight is 267 g/mol. The number of carbonyl (C=O) groups is 3. The summed E-state index contributed by atoms with van der Waals surface area (Å²) in [4.78, 5) is 34.1. The Labute approximate surface area is 110 Å². The van der Waals surface area contributed by atoms with Crippen LogP contribution < -0.4 is 16.4 Å². The number of terminal acetylenes is 1. The molecule has 1 aliphatic rings. The number of hydrogen-bond donors (Lipinski definition) is 4. The zero-order chi connectivity index (χ0) is 14.4. The van der Waals surface area contributed by atoms with Crippen molar-refractivity contribution in [3.63, 3.8) is 0 Å². The monoisotopic (exact) mass is 267 g/mol. The number of carboxylic acids is 1. The first kappa shape index (κ1) is 15.0. The van der Waals surface area contributed by atoms with Gasteiger partial charge in [-0.25, -0.2) is 4.79 Å². The summed E-state index contributed by atoms with van der Waals surface area (Å²) in [6, 6.07) is -2.07. The predicted molar refractivity (Wildman–Crippen MR) is 66.7 cm³/mol. The van der Waals surface area contributed by atoms with E-state index >= 15 is 0 Å². The number of nitrogens with one attached hydrogen (secondary N) is 2. The summed E-state index contributed by atoms with van der Waals surface area (Å²) < 4.78 is 0. The lowest BCUT2D eigenvalue weighted by Crippen LogP contribution is -2.49. The van der Waals surface area contributed by atoms with E-state index in [4.69, 9.17) is 17.3 Å². The van der Waals surface area contributed by atoms with Crippen molar-refractivity contribution in [3.05, 3.63) is 0 Å². The molecule has 0 aliphatic carbocycles. The molecule has 1 rings (SSSR count). The molecule has 1 saturated heterocycles. The highest BCUT2D eigenvalue weighted by molar-refractivity contribution is 5.88. The standard InChI is InChI=1S/C12H17N3O4/c1-2-3-8(13)11(17)15-9(12(18)19)6-7-4-5-14-10(7)16/h1,7-9H,3-6,13H2,(H,14,16)(H,15,17)(H,18,19)/t7-,8-,9-/m0/s1. The Kier molecular flexibility index (Phi) is 5.33. The van der Waals surface area contributed by atoms with Crippen molar-refractivity contribution in [1.29, 1.82) is 0 Å². The fourth-order valence-electron chi connectivity index (χ4n) is 1.87. The van der Waals surface area contributed by atoms with E-state index in [-0.39, 0.29) is 18.7 Å². The van der Waals surface area contributed by atoms with Crippen molar-refractivity contribution in [2.24, 2.45) is 11.7 Å². The SMILES string of the molecule is C#CC[C@H](N)C(=O)N[C@@H](C[C@@H]1CCNC1=O)C(=O)O. The summed E-state index contributed by atoms with van der Waals surface area (Å²) >= 11 is 0. The summed E-state index contributed by atoms with van der Waals surface area (Å²) in [5.74, 6) is -0.166. The zero-order valence-corrected chi connectivity index (χ0v) is 10.4. The van der Waals surface area contributed by atoms with E-state index in [1.54, 1.807) is 0 Å². The molecule has 3 atom stereocenters. The van der Waals surface area contributed by atoms with Gasteiger partial charge in [0.05, 0.1) is 6.04 Å². The van der Waals surface area contributed by atoms with Gasteiger partial charge in [0.1, 0.15) is 6.04 Å². The maximum Gasteiger partial charge on any atom is 0.326 e. The molecule has 0 radical (unpaired) electrons. The Balaban J connectivity index is 2.58. The predicted octanol–water partition coefficient (Wildman–Crippen LogP) is -1.57. The molecule has 0 unspecified atom stereocenters. The van der Waals surface area contributed by atoms with Crippen LogP contribution in [0, 0.1) is 18.3 Å². The zero-order valence-electron chi connectivity index (χ0n) is 10.4. The number of nitrogens with two attached hydrogens (primary N) is 1.